The summed E-state index contributed by atoms with van der Waals surface area (Å²) in [6.07, 6.45) is 9.18. The summed E-state index contributed by atoms with van der Waals surface area (Å²) in [6.45, 7) is 4.44. The number of hydrogen-bond acceptors (Lipinski definition) is 2. The van der Waals surface area contributed by atoms with Gasteiger partial charge in [-0.25, -0.2) is 4.99 Å². The second kappa shape index (κ2) is 7.54. The van der Waals surface area contributed by atoms with Gasteiger partial charge in [-0.05, 0) is 31.2 Å². The smallest absolute Gasteiger partial charge is 0.137 e. The Labute approximate surface area is 138 Å². The van der Waals surface area contributed by atoms with Crippen LogP contribution in [0.4, 0.5) is 0 Å². The van der Waals surface area contributed by atoms with Crippen LogP contribution in [0.3, 0.4) is 0 Å². The summed E-state index contributed by atoms with van der Waals surface area (Å²) in [5, 5.41) is 0. The van der Waals surface area contributed by atoms with Gasteiger partial charge in [-0.15, -0.1) is 0 Å². The fraction of sp³-hybridized carbons (Fsp3) is 0.444. The molecule has 0 aromatic heterocycles. The standard InChI is InChI=1S/C18H23N3S/c22-18(19-15-21-12-6-7-13-21)17(14-20-10-4-5-11-20)16-8-2-1-3-9-16/h1-3,8-9,14-15H,4-7,10-13H2/b17-14+,19-15?. The molecule has 4 heteroatoms. The summed E-state index contributed by atoms with van der Waals surface area (Å²) in [7, 11) is 0. The number of thiocarbonyl (C=S) groups is 1. The molecule has 0 amide bonds. The summed E-state index contributed by atoms with van der Waals surface area (Å²) in [4.78, 5) is 9.86. The van der Waals surface area contributed by atoms with Gasteiger partial charge in [-0.1, -0.05) is 42.5 Å². The molecule has 22 heavy (non-hydrogen) atoms. The quantitative estimate of drug-likeness (QED) is 0.366. The molecule has 0 aliphatic carbocycles. The van der Waals surface area contributed by atoms with E-state index in [0.29, 0.717) is 4.99 Å². The van der Waals surface area contributed by atoms with E-state index >= 15 is 0 Å². The van der Waals surface area contributed by atoms with E-state index in [1.807, 2.05) is 12.4 Å². The highest BCUT2D eigenvalue weighted by molar-refractivity contribution is 7.81. The average Bonchev–Trinajstić information content (AvgIpc) is 3.24. The number of nitrogens with zero attached hydrogens (tertiary/aromatic N) is 3. The van der Waals surface area contributed by atoms with Crippen LogP contribution in [-0.4, -0.2) is 47.3 Å². The third-order valence-corrected chi connectivity index (χ3v) is 4.57. The summed E-state index contributed by atoms with van der Waals surface area (Å²) in [5.41, 5.74) is 2.21. The average molecular weight is 313 g/mol. The van der Waals surface area contributed by atoms with Gasteiger partial charge in [-0.2, -0.15) is 0 Å². The first kappa shape index (κ1) is 15.2. The predicted octanol–water partition coefficient (Wildman–Crippen LogP) is 3.57. The monoisotopic (exact) mass is 313 g/mol. The van der Waals surface area contributed by atoms with E-state index in [4.69, 9.17) is 12.2 Å². The molecule has 2 saturated heterocycles. The topological polar surface area (TPSA) is 18.8 Å². The molecule has 1 aromatic carbocycles. The Kier molecular flexibility index (Phi) is 5.22. The van der Waals surface area contributed by atoms with Crippen LogP contribution in [0, 0.1) is 0 Å². The van der Waals surface area contributed by atoms with Crippen LogP contribution < -0.4 is 0 Å². The maximum absolute atomic E-state index is 5.61. The Morgan fingerprint density at radius 1 is 0.909 bits per heavy atom. The van der Waals surface area contributed by atoms with Crippen molar-refractivity contribution in [3.63, 3.8) is 0 Å². The summed E-state index contributed by atoms with van der Waals surface area (Å²) < 4.78 is 0. The fourth-order valence-corrected chi connectivity index (χ4v) is 3.20. The number of aliphatic imine (C=N–C) groups is 1. The van der Waals surface area contributed by atoms with Gasteiger partial charge in [0, 0.05) is 38.0 Å². The van der Waals surface area contributed by atoms with Crippen LogP contribution in [0.5, 0.6) is 0 Å². The third kappa shape index (κ3) is 3.95. The van der Waals surface area contributed by atoms with Crippen molar-refractivity contribution in [2.24, 2.45) is 4.99 Å². The van der Waals surface area contributed by atoms with Crippen molar-refractivity contribution >= 4 is 29.1 Å². The highest BCUT2D eigenvalue weighted by Crippen LogP contribution is 2.20. The van der Waals surface area contributed by atoms with Crippen molar-refractivity contribution in [1.82, 2.24) is 9.80 Å². The minimum Gasteiger partial charge on any atom is -0.377 e. The Morgan fingerprint density at radius 2 is 1.50 bits per heavy atom. The van der Waals surface area contributed by atoms with E-state index in [2.05, 4.69) is 45.3 Å². The van der Waals surface area contributed by atoms with Crippen LogP contribution >= 0.6 is 12.2 Å². The van der Waals surface area contributed by atoms with E-state index in [1.54, 1.807) is 0 Å². The first-order chi connectivity index (χ1) is 10.8. The Morgan fingerprint density at radius 3 is 2.14 bits per heavy atom. The van der Waals surface area contributed by atoms with E-state index in [1.165, 1.54) is 25.7 Å². The van der Waals surface area contributed by atoms with Crippen molar-refractivity contribution in [2.45, 2.75) is 25.7 Å². The molecule has 0 spiro atoms. The third-order valence-electron chi connectivity index (χ3n) is 4.25. The van der Waals surface area contributed by atoms with Crippen molar-refractivity contribution in [2.75, 3.05) is 26.2 Å². The second-order valence-electron chi connectivity index (χ2n) is 5.94. The molecule has 0 atom stereocenters. The van der Waals surface area contributed by atoms with Gasteiger partial charge in [-0.3, -0.25) is 0 Å². The number of likely N-dealkylation sites (tertiary alicyclic amines) is 2. The van der Waals surface area contributed by atoms with Crippen LogP contribution in [0.2, 0.25) is 0 Å². The molecule has 2 aliphatic heterocycles. The normalized spacial score (nSPS) is 19.4. The minimum absolute atomic E-state index is 0.685. The van der Waals surface area contributed by atoms with Crippen LogP contribution in [-0.2, 0) is 0 Å². The largest absolute Gasteiger partial charge is 0.377 e. The number of rotatable bonds is 4. The molecule has 0 N–H and O–H groups in total. The van der Waals surface area contributed by atoms with Crippen molar-refractivity contribution in [3.8, 4) is 0 Å². The maximum Gasteiger partial charge on any atom is 0.137 e. The van der Waals surface area contributed by atoms with Crippen LogP contribution in [0.15, 0.2) is 41.5 Å². The van der Waals surface area contributed by atoms with Crippen molar-refractivity contribution in [3.05, 3.63) is 42.1 Å². The lowest BCUT2D eigenvalue weighted by molar-refractivity contribution is 0.470. The van der Waals surface area contributed by atoms with Gasteiger partial charge in [0.1, 0.15) is 4.99 Å². The highest BCUT2D eigenvalue weighted by Gasteiger charge is 2.13. The van der Waals surface area contributed by atoms with Gasteiger partial charge >= 0.3 is 0 Å². The zero-order chi connectivity index (χ0) is 15.2. The molecule has 3 nitrogen and oxygen atoms in total. The lowest BCUT2D eigenvalue weighted by atomic mass is 10.1. The molecule has 2 heterocycles. The highest BCUT2D eigenvalue weighted by atomic mass is 32.1. The lowest BCUT2D eigenvalue weighted by Crippen LogP contribution is -2.18. The fourth-order valence-electron chi connectivity index (χ4n) is 2.98. The predicted molar refractivity (Wildman–Crippen MR) is 97.1 cm³/mol. The van der Waals surface area contributed by atoms with E-state index < -0.39 is 0 Å². The summed E-state index contributed by atoms with van der Waals surface area (Å²) >= 11 is 5.61. The lowest BCUT2D eigenvalue weighted by Gasteiger charge is -2.16. The summed E-state index contributed by atoms with van der Waals surface area (Å²) in [6, 6.07) is 10.4. The van der Waals surface area contributed by atoms with E-state index in [9.17, 15) is 0 Å². The van der Waals surface area contributed by atoms with E-state index in [-0.39, 0.29) is 0 Å². The van der Waals surface area contributed by atoms with Gasteiger partial charge in [0.05, 0.1) is 6.34 Å². The molecule has 3 rings (SSSR count). The zero-order valence-electron chi connectivity index (χ0n) is 12.9. The molecular formula is C18H23N3S. The first-order valence-electron chi connectivity index (χ1n) is 8.17. The van der Waals surface area contributed by atoms with Crippen molar-refractivity contribution < 1.29 is 0 Å². The molecule has 116 valence electrons. The number of benzene rings is 1. The van der Waals surface area contributed by atoms with Gasteiger partial charge < -0.3 is 9.80 Å². The maximum atomic E-state index is 5.61. The molecule has 2 aliphatic rings. The molecule has 0 unspecified atom stereocenters. The molecule has 0 saturated carbocycles. The van der Waals surface area contributed by atoms with Gasteiger partial charge in [0.15, 0.2) is 0 Å². The number of hydrogen-bond donors (Lipinski definition) is 0. The minimum atomic E-state index is 0.685. The van der Waals surface area contributed by atoms with Crippen LogP contribution in [0.25, 0.3) is 5.57 Å². The molecular weight excluding hydrogens is 290 g/mol. The van der Waals surface area contributed by atoms with E-state index in [0.717, 1.165) is 37.3 Å². The Hall–Kier alpha value is -1.68. The second-order valence-corrected chi connectivity index (χ2v) is 6.33. The molecule has 0 radical (unpaired) electrons. The Balaban J connectivity index is 1.79. The zero-order valence-corrected chi connectivity index (χ0v) is 13.8. The van der Waals surface area contributed by atoms with Crippen LogP contribution in [0.1, 0.15) is 31.2 Å². The van der Waals surface area contributed by atoms with Gasteiger partial charge in [0.25, 0.3) is 0 Å². The van der Waals surface area contributed by atoms with Gasteiger partial charge in [0.2, 0.25) is 0 Å². The molecule has 1 aromatic rings. The first-order valence-corrected chi connectivity index (χ1v) is 8.57. The van der Waals surface area contributed by atoms with Crippen molar-refractivity contribution in [1.29, 1.82) is 0 Å². The Bertz CT molecular complexity index is 553. The summed E-state index contributed by atoms with van der Waals surface area (Å²) in [5.74, 6) is 0. The SMILES string of the molecule is S=C(N=CN1CCCC1)/C(=C/N1CCCC1)c1ccccc1. The molecule has 2 fully saturated rings. The molecule has 0 bridgehead atoms.